The van der Waals surface area contributed by atoms with Crippen molar-refractivity contribution >= 4 is 58.2 Å². The van der Waals surface area contributed by atoms with Gasteiger partial charge in [-0.05, 0) is 67.9 Å². The summed E-state index contributed by atoms with van der Waals surface area (Å²) in [4.78, 5) is 28.8. The van der Waals surface area contributed by atoms with Crippen LogP contribution < -0.4 is 15.1 Å². The van der Waals surface area contributed by atoms with Gasteiger partial charge >= 0.3 is 0 Å². The largest absolute Gasteiger partial charge is 0.371 e. The van der Waals surface area contributed by atoms with E-state index in [-0.39, 0.29) is 16.2 Å². The summed E-state index contributed by atoms with van der Waals surface area (Å²) in [5, 5.41) is 2.71. The van der Waals surface area contributed by atoms with Gasteiger partial charge in [0, 0.05) is 24.3 Å². The van der Waals surface area contributed by atoms with Gasteiger partial charge in [-0.15, -0.1) is 0 Å². The third-order valence-electron chi connectivity index (χ3n) is 5.20. The van der Waals surface area contributed by atoms with E-state index in [4.69, 9.17) is 23.8 Å². The van der Waals surface area contributed by atoms with Gasteiger partial charge in [0.1, 0.15) is 11.4 Å². The van der Waals surface area contributed by atoms with Crippen LogP contribution in [0.15, 0.2) is 48.0 Å². The van der Waals surface area contributed by atoms with Crippen LogP contribution in [0.5, 0.6) is 0 Å². The number of benzene rings is 2. The highest BCUT2D eigenvalue weighted by molar-refractivity contribution is 7.80. The summed E-state index contributed by atoms with van der Waals surface area (Å²) in [6.07, 6.45) is 4.60. The number of hydrogen-bond donors (Lipinski definition) is 1. The molecule has 2 aliphatic heterocycles. The fourth-order valence-electron chi connectivity index (χ4n) is 3.65. The first-order valence-electron chi connectivity index (χ1n) is 9.66. The quantitative estimate of drug-likeness (QED) is 0.436. The maximum Gasteiger partial charge on any atom is 0.270 e. The van der Waals surface area contributed by atoms with Gasteiger partial charge in [0.15, 0.2) is 5.11 Å². The second kappa shape index (κ2) is 8.53. The van der Waals surface area contributed by atoms with Crippen molar-refractivity contribution in [2.24, 2.45) is 0 Å². The number of anilines is 2. The maximum absolute atomic E-state index is 14.8. The summed E-state index contributed by atoms with van der Waals surface area (Å²) in [5.41, 5.74) is 1.09. The molecule has 1 N–H and O–H groups in total. The minimum Gasteiger partial charge on any atom is -0.371 e. The monoisotopic (exact) mass is 443 g/mol. The SMILES string of the molecule is O=C1NC(=S)N(c2ccccc2Cl)C(=O)/C1=C/c1ccc(N2CCCCC2)cc1F. The molecule has 0 unspecified atom stereocenters. The number of nitrogens with zero attached hydrogens (tertiary/aromatic N) is 2. The van der Waals surface area contributed by atoms with Crippen LogP contribution in [0.1, 0.15) is 24.8 Å². The normalized spacial score (nSPS) is 18.7. The molecular formula is C22H19ClFN3O2S. The number of amides is 2. The minimum absolute atomic E-state index is 0.0730. The van der Waals surface area contributed by atoms with Gasteiger partial charge in [-0.1, -0.05) is 23.7 Å². The van der Waals surface area contributed by atoms with Crippen LogP contribution in [0.25, 0.3) is 6.08 Å². The molecule has 5 nitrogen and oxygen atoms in total. The van der Waals surface area contributed by atoms with Crippen molar-refractivity contribution in [3.05, 3.63) is 64.4 Å². The molecule has 0 bridgehead atoms. The van der Waals surface area contributed by atoms with Crippen molar-refractivity contribution in [3.8, 4) is 0 Å². The minimum atomic E-state index is -0.673. The number of rotatable bonds is 3. The van der Waals surface area contributed by atoms with E-state index in [1.54, 1.807) is 30.3 Å². The van der Waals surface area contributed by atoms with Gasteiger partial charge in [-0.25, -0.2) is 4.39 Å². The molecule has 0 saturated carbocycles. The zero-order valence-electron chi connectivity index (χ0n) is 16.0. The predicted octanol–water partition coefficient (Wildman–Crippen LogP) is 4.30. The number of para-hydroxylation sites is 1. The highest BCUT2D eigenvalue weighted by atomic mass is 35.5. The first-order valence-corrected chi connectivity index (χ1v) is 10.4. The van der Waals surface area contributed by atoms with Crippen LogP contribution >= 0.6 is 23.8 Å². The molecule has 2 aliphatic rings. The van der Waals surface area contributed by atoms with E-state index in [1.807, 2.05) is 6.07 Å². The molecule has 0 aromatic heterocycles. The number of carbonyl (C=O) groups excluding carboxylic acids is 2. The molecule has 0 radical (unpaired) electrons. The highest BCUT2D eigenvalue weighted by Crippen LogP contribution is 2.29. The van der Waals surface area contributed by atoms with Gasteiger partial charge in [0.25, 0.3) is 11.8 Å². The van der Waals surface area contributed by atoms with Crippen molar-refractivity contribution in [2.75, 3.05) is 22.9 Å². The second-order valence-electron chi connectivity index (χ2n) is 7.16. The lowest BCUT2D eigenvalue weighted by molar-refractivity contribution is -0.122. The fraction of sp³-hybridized carbons (Fsp3) is 0.227. The Hall–Kier alpha value is -2.77. The number of carbonyl (C=O) groups is 2. The van der Waals surface area contributed by atoms with Crippen molar-refractivity contribution < 1.29 is 14.0 Å². The van der Waals surface area contributed by atoms with Gasteiger partial charge in [-0.2, -0.15) is 0 Å². The molecule has 8 heteroatoms. The van der Waals surface area contributed by atoms with Crippen molar-refractivity contribution in [2.45, 2.75) is 19.3 Å². The Labute approximate surface area is 184 Å². The molecular weight excluding hydrogens is 425 g/mol. The van der Waals surface area contributed by atoms with Gasteiger partial charge in [0.2, 0.25) is 0 Å². The lowest BCUT2D eigenvalue weighted by Gasteiger charge is -2.30. The van der Waals surface area contributed by atoms with E-state index in [0.29, 0.717) is 10.7 Å². The number of piperidine rings is 1. The molecule has 0 aliphatic carbocycles. The molecule has 2 fully saturated rings. The van der Waals surface area contributed by atoms with E-state index in [2.05, 4.69) is 10.2 Å². The van der Waals surface area contributed by atoms with Gasteiger partial charge < -0.3 is 4.90 Å². The van der Waals surface area contributed by atoms with Gasteiger partial charge in [0.05, 0.1) is 10.7 Å². The van der Waals surface area contributed by atoms with E-state index in [9.17, 15) is 14.0 Å². The molecule has 0 spiro atoms. The van der Waals surface area contributed by atoms with Crippen LogP contribution in [-0.2, 0) is 9.59 Å². The molecule has 154 valence electrons. The average Bonchev–Trinajstić information content (AvgIpc) is 2.74. The number of halogens is 2. The Morgan fingerprint density at radius 3 is 2.50 bits per heavy atom. The Balaban J connectivity index is 1.66. The van der Waals surface area contributed by atoms with E-state index >= 15 is 0 Å². The average molecular weight is 444 g/mol. The van der Waals surface area contributed by atoms with Crippen LogP contribution in [0.3, 0.4) is 0 Å². The number of nitrogens with one attached hydrogen (secondary N) is 1. The third-order valence-corrected chi connectivity index (χ3v) is 5.80. The topological polar surface area (TPSA) is 52.7 Å². The van der Waals surface area contributed by atoms with Crippen LogP contribution in [0.4, 0.5) is 15.8 Å². The summed E-state index contributed by atoms with van der Waals surface area (Å²) in [6, 6.07) is 11.5. The fourth-order valence-corrected chi connectivity index (χ4v) is 4.14. The van der Waals surface area contributed by atoms with E-state index in [0.717, 1.165) is 36.5 Å². The summed E-state index contributed by atoms with van der Waals surface area (Å²) >= 11 is 11.4. The van der Waals surface area contributed by atoms with E-state index in [1.165, 1.54) is 18.6 Å². The molecule has 2 amide bonds. The molecule has 2 saturated heterocycles. The third kappa shape index (κ3) is 3.95. The van der Waals surface area contributed by atoms with Crippen LogP contribution in [0, 0.1) is 5.82 Å². The van der Waals surface area contributed by atoms with Crippen molar-refractivity contribution in [1.29, 1.82) is 0 Å². The first-order chi connectivity index (χ1) is 14.5. The van der Waals surface area contributed by atoms with Crippen molar-refractivity contribution in [1.82, 2.24) is 5.32 Å². The number of thiocarbonyl (C=S) groups is 1. The van der Waals surface area contributed by atoms with E-state index < -0.39 is 17.6 Å². The summed E-state index contributed by atoms with van der Waals surface area (Å²) in [6.45, 7) is 1.79. The van der Waals surface area contributed by atoms with Gasteiger partial charge in [-0.3, -0.25) is 19.8 Å². The highest BCUT2D eigenvalue weighted by Gasteiger charge is 2.35. The Bertz CT molecular complexity index is 1070. The summed E-state index contributed by atoms with van der Waals surface area (Å²) in [7, 11) is 0. The van der Waals surface area contributed by atoms with Crippen molar-refractivity contribution in [3.63, 3.8) is 0 Å². The second-order valence-corrected chi connectivity index (χ2v) is 7.96. The first kappa shape index (κ1) is 20.5. The Morgan fingerprint density at radius 1 is 1.07 bits per heavy atom. The zero-order chi connectivity index (χ0) is 21.3. The summed E-state index contributed by atoms with van der Waals surface area (Å²) in [5.74, 6) is -1.83. The number of hydrogen-bond acceptors (Lipinski definition) is 4. The molecule has 30 heavy (non-hydrogen) atoms. The lowest BCUT2D eigenvalue weighted by Crippen LogP contribution is -2.54. The molecule has 2 aromatic carbocycles. The zero-order valence-corrected chi connectivity index (χ0v) is 17.6. The molecule has 4 rings (SSSR count). The lowest BCUT2D eigenvalue weighted by atomic mass is 10.0. The Kier molecular flexibility index (Phi) is 5.83. The predicted molar refractivity (Wildman–Crippen MR) is 120 cm³/mol. The smallest absolute Gasteiger partial charge is 0.270 e. The maximum atomic E-state index is 14.8. The molecule has 2 aromatic rings. The standard InChI is InChI=1S/C22H19ClFN3O2S/c23-17-6-2-3-7-19(17)27-21(29)16(20(28)25-22(27)30)12-14-8-9-15(13-18(14)24)26-10-4-1-5-11-26/h2-3,6-9,12-13H,1,4-5,10-11H2,(H,25,28,30)/b16-12+. The van der Waals surface area contributed by atoms with Crippen LogP contribution in [0.2, 0.25) is 5.02 Å². The Morgan fingerprint density at radius 2 is 1.80 bits per heavy atom. The molecule has 0 atom stereocenters. The molecule has 2 heterocycles. The summed E-state index contributed by atoms with van der Waals surface area (Å²) < 4.78 is 14.8. The van der Waals surface area contributed by atoms with Crippen LogP contribution in [-0.4, -0.2) is 30.0 Å².